The maximum atomic E-state index is 12.1. The maximum Gasteiger partial charge on any atom is 0.337 e. The number of aromatic carboxylic acids is 1. The van der Waals surface area contributed by atoms with Crippen LogP contribution in [0.2, 0.25) is 0 Å². The number of nitriles is 1. The molecule has 0 bridgehead atoms. The second-order valence-electron chi connectivity index (χ2n) is 4.26. The summed E-state index contributed by atoms with van der Waals surface area (Å²) in [7, 11) is 0. The zero-order chi connectivity index (χ0) is 15.9. The number of aromatic nitrogens is 1. The van der Waals surface area contributed by atoms with Gasteiger partial charge in [-0.05, 0) is 29.8 Å². The average Bonchev–Trinajstić information content (AvgIpc) is 2.53. The Hall–Kier alpha value is -3.46. The van der Waals surface area contributed by atoms with Gasteiger partial charge in [0.15, 0.2) is 0 Å². The number of carbonyl (C=O) groups is 2. The van der Waals surface area contributed by atoms with Gasteiger partial charge in [-0.1, -0.05) is 18.2 Å². The molecule has 6 heteroatoms. The normalized spacial score (nSPS) is 10.6. The van der Waals surface area contributed by atoms with Crippen molar-refractivity contribution in [2.75, 3.05) is 5.32 Å². The van der Waals surface area contributed by atoms with Gasteiger partial charge in [0.25, 0.3) is 5.91 Å². The molecule has 1 heterocycles. The van der Waals surface area contributed by atoms with E-state index in [2.05, 4.69) is 10.3 Å². The van der Waals surface area contributed by atoms with Crippen LogP contribution in [0.25, 0.3) is 6.08 Å². The summed E-state index contributed by atoms with van der Waals surface area (Å²) in [5.74, 6) is -1.84. The van der Waals surface area contributed by atoms with E-state index < -0.39 is 11.9 Å². The van der Waals surface area contributed by atoms with Crippen LogP contribution >= 0.6 is 0 Å². The Morgan fingerprint density at radius 2 is 2.00 bits per heavy atom. The molecule has 0 spiro atoms. The lowest BCUT2D eigenvalue weighted by atomic mass is 10.1. The minimum Gasteiger partial charge on any atom is -0.478 e. The Morgan fingerprint density at radius 3 is 2.64 bits per heavy atom. The Kier molecular flexibility index (Phi) is 4.63. The van der Waals surface area contributed by atoms with E-state index in [1.54, 1.807) is 36.5 Å². The number of carboxylic acid groups (broad SMARTS) is 1. The minimum absolute atomic E-state index is 0.0467. The Balaban J connectivity index is 2.27. The van der Waals surface area contributed by atoms with Crippen LogP contribution in [0.3, 0.4) is 0 Å². The number of hydrogen-bond acceptors (Lipinski definition) is 4. The van der Waals surface area contributed by atoms with E-state index in [0.29, 0.717) is 5.56 Å². The molecule has 2 rings (SSSR count). The van der Waals surface area contributed by atoms with Gasteiger partial charge < -0.3 is 10.4 Å². The largest absolute Gasteiger partial charge is 0.478 e. The van der Waals surface area contributed by atoms with Crippen molar-refractivity contribution in [1.29, 1.82) is 5.26 Å². The van der Waals surface area contributed by atoms with Crippen LogP contribution in [0.4, 0.5) is 5.69 Å². The second-order valence-corrected chi connectivity index (χ2v) is 4.26. The van der Waals surface area contributed by atoms with Gasteiger partial charge in [-0.25, -0.2) is 4.79 Å². The van der Waals surface area contributed by atoms with Gasteiger partial charge in [0.2, 0.25) is 0 Å². The van der Waals surface area contributed by atoms with Crippen molar-refractivity contribution in [3.63, 3.8) is 0 Å². The number of nitrogens with zero attached hydrogens (tertiary/aromatic N) is 2. The Bertz CT molecular complexity index is 777. The number of benzene rings is 1. The van der Waals surface area contributed by atoms with Crippen LogP contribution in [0.15, 0.2) is 54.4 Å². The van der Waals surface area contributed by atoms with Crippen LogP contribution < -0.4 is 5.32 Å². The summed E-state index contributed by atoms with van der Waals surface area (Å²) in [6.45, 7) is 0. The van der Waals surface area contributed by atoms with Crippen LogP contribution in [0.1, 0.15) is 15.9 Å². The molecular weight excluding hydrogens is 282 g/mol. The molecule has 22 heavy (non-hydrogen) atoms. The van der Waals surface area contributed by atoms with Gasteiger partial charge in [-0.3, -0.25) is 9.78 Å². The van der Waals surface area contributed by atoms with Crippen LogP contribution in [0.5, 0.6) is 0 Å². The number of amides is 1. The molecule has 0 radical (unpaired) electrons. The lowest BCUT2D eigenvalue weighted by molar-refractivity contribution is -0.112. The summed E-state index contributed by atoms with van der Waals surface area (Å²) in [5, 5.41) is 20.6. The van der Waals surface area contributed by atoms with E-state index in [4.69, 9.17) is 10.4 Å². The third kappa shape index (κ3) is 3.55. The smallest absolute Gasteiger partial charge is 0.337 e. The number of carbonyl (C=O) groups excluding carboxylic acids is 1. The molecule has 1 aromatic heterocycles. The molecule has 0 unspecified atom stereocenters. The topological polar surface area (TPSA) is 103 Å². The molecular formula is C16H11N3O3. The molecule has 0 aliphatic rings. The fourth-order valence-corrected chi connectivity index (χ4v) is 1.74. The van der Waals surface area contributed by atoms with E-state index in [1.165, 1.54) is 24.4 Å². The number of para-hydroxylation sites is 1. The van der Waals surface area contributed by atoms with Gasteiger partial charge in [0, 0.05) is 12.4 Å². The average molecular weight is 293 g/mol. The highest BCUT2D eigenvalue weighted by Gasteiger charge is 2.14. The monoisotopic (exact) mass is 293 g/mol. The molecule has 2 N–H and O–H groups in total. The summed E-state index contributed by atoms with van der Waals surface area (Å²) in [4.78, 5) is 27.1. The quantitative estimate of drug-likeness (QED) is 0.665. The van der Waals surface area contributed by atoms with E-state index in [0.717, 1.165) is 0 Å². The first-order valence-electron chi connectivity index (χ1n) is 6.27. The fraction of sp³-hybridized carbons (Fsp3) is 0. The summed E-state index contributed by atoms with van der Waals surface area (Å²) < 4.78 is 0. The van der Waals surface area contributed by atoms with Gasteiger partial charge in [-0.15, -0.1) is 0 Å². The molecule has 1 amide bonds. The number of carboxylic acids is 1. The predicted molar refractivity (Wildman–Crippen MR) is 79.9 cm³/mol. The lowest BCUT2D eigenvalue weighted by Crippen LogP contribution is -2.16. The summed E-state index contributed by atoms with van der Waals surface area (Å²) in [5.41, 5.74) is 0.538. The van der Waals surface area contributed by atoms with Crippen molar-refractivity contribution >= 4 is 23.6 Å². The zero-order valence-electron chi connectivity index (χ0n) is 11.4. The SMILES string of the molecule is N#C/C(=C\c1cccnc1)C(=O)Nc1ccccc1C(=O)O. The first kappa shape index (κ1) is 14.9. The molecule has 0 saturated carbocycles. The van der Waals surface area contributed by atoms with Gasteiger partial charge in [0.1, 0.15) is 11.6 Å². The third-order valence-corrected chi connectivity index (χ3v) is 2.77. The van der Waals surface area contributed by atoms with Crippen molar-refractivity contribution in [2.45, 2.75) is 0 Å². The van der Waals surface area contributed by atoms with Crippen LogP contribution in [-0.4, -0.2) is 22.0 Å². The van der Waals surface area contributed by atoms with Crippen molar-refractivity contribution in [3.8, 4) is 6.07 Å². The summed E-state index contributed by atoms with van der Waals surface area (Å²) in [6, 6.07) is 11.1. The number of anilines is 1. The van der Waals surface area contributed by atoms with E-state index in [9.17, 15) is 9.59 Å². The maximum absolute atomic E-state index is 12.1. The van der Waals surface area contributed by atoms with E-state index in [1.807, 2.05) is 0 Å². The standard InChI is InChI=1S/C16H11N3O3/c17-9-12(8-11-4-3-7-18-10-11)15(20)19-14-6-2-1-5-13(14)16(21)22/h1-8,10H,(H,19,20)(H,21,22)/b12-8+. The number of hydrogen-bond donors (Lipinski definition) is 2. The second kappa shape index (κ2) is 6.81. The highest BCUT2D eigenvalue weighted by molar-refractivity contribution is 6.11. The molecule has 0 aliphatic carbocycles. The van der Waals surface area contributed by atoms with Gasteiger partial charge in [-0.2, -0.15) is 5.26 Å². The first-order chi connectivity index (χ1) is 10.6. The fourth-order valence-electron chi connectivity index (χ4n) is 1.74. The highest BCUT2D eigenvalue weighted by Crippen LogP contribution is 2.16. The summed E-state index contributed by atoms with van der Waals surface area (Å²) in [6.07, 6.45) is 4.47. The van der Waals surface area contributed by atoms with Crippen LogP contribution in [-0.2, 0) is 4.79 Å². The molecule has 108 valence electrons. The zero-order valence-corrected chi connectivity index (χ0v) is 11.4. The van der Waals surface area contributed by atoms with Crippen molar-refractivity contribution in [2.24, 2.45) is 0 Å². The first-order valence-corrected chi connectivity index (χ1v) is 6.27. The number of nitrogens with one attached hydrogen (secondary N) is 1. The van der Waals surface area contributed by atoms with Gasteiger partial charge >= 0.3 is 5.97 Å². The third-order valence-electron chi connectivity index (χ3n) is 2.77. The predicted octanol–water partition coefficient (Wildman–Crippen LogP) is 2.33. The molecule has 0 atom stereocenters. The Labute approximate surface area is 126 Å². The lowest BCUT2D eigenvalue weighted by Gasteiger charge is -2.07. The molecule has 0 fully saturated rings. The highest BCUT2D eigenvalue weighted by atomic mass is 16.4. The molecule has 2 aromatic rings. The van der Waals surface area contributed by atoms with Crippen molar-refractivity contribution in [3.05, 3.63) is 65.5 Å². The Morgan fingerprint density at radius 1 is 1.23 bits per heavy atom. The molecule has 6 nitrogen and oxygen atoms in total. The molecule has 0 aliphatic heterocycles. The number of rotatable bonds is 4. The molecule has 1 aromatic carbocycles. The molecule has 0 saturated heterocycles. The van der Waals surface area contributed by atoms with Crippen molar-refractivity contribution in [1.82, 2.24) is 4.98 Å². The van der Waals surface area contributed by atoms with Crippen LogP contribution in [0, 0.1) is 11.3 Å². The number of pyridine rings is 1. The van der Waals surface area contributed by atoms with E-state index >= 15 is 0 Å². The summed E-state index contributed by atoms with van der Waals surface area (Å²) >= 11 is 0. The minimum atomic E-state index is -1.16. The van der Waals surface area contributed by atoms with Gasteiger partial charge in [0.05, 0.1) is 11.3 Å². The van der Waals surface area contributed by atoms with E-state index in [-0.39, 0.29) is 16.8 Å². The van der Waals surface area contributed by atoms with Crippen molar-refractivity contribution < 1.29 is 14.7 Å².